The van der Waals surface area contributed by atoms with Gasteiger partial charge in [-0.1, -0.05) is 22.0 Å². The molecule has 1 N–H and O–H groups in total. The van der Waals surface area contributed by atoms with E-state index in [-0.39, 0.29) is 0 Å². The molecule has 4 heteroatoms. The first-order valence-electron chi connectivity index (χ1n) is 6.37. The SMILES string of the molecule is CNC(CC1CCCO1)c1ccc(OC)cc1Br. The van der Waals surface area contributed by atoms with Crippen molar-refractivity contribution in [1.82, 2.24) is 5.32 Å². The molecular formula is C14H20BrNO2. The van der Waals surface area contributed by atoms with Crippen molar-refractivity contribution in [1.29, 1.82) is 0 Å². The second-order valence-electron chi connectivity index (χ2n) is 4.60. The van der Waals surface area contributed by atoms with Crippen molar-refractivity contribution in [3.05, 3.63) is 28.2 Å². The van der Waals surface area contributed by atoms with Gasteiger partial charge in [0.1, 0.15) is 5.75 Å². The topological polar surface area (TPSA) is 30.5 Å². The molecule has 1 aromatic rings. The van der Waals surface area contributed by atoms with Gasteiger partial charge in [-0.25, -0.2) is 0 Å². The first kappa shape index (κ1) is 13.8. The molecule has 1 aromatic carbocycles. The van der Waals surface area contributed by atoms with Gasteiger partial charge in [0.15, 0.2) is 0 Å². The van der Waals surface area contributed by atoms with Crippen LogP contribution in [0.5, 0.6) is 5.75 Å². The van der Waals surface area contributed by atoms with Crippen molar-refractivity contribution in [3.63, 3.8) is 0 Å². The average Bonchev–Trinajstić information content (AvgIpc) is 2.89. The van der Waals surface area contributed by atoms with Crippen LogP contribution < -0.4 is 10.1 Å². The minimum atomic E-state index is 0.313. The van der Waals surface area contributed by atoms with Gasteiger partial charge in [0.25, 0.3) is 0 Å². The number of methoxy groups -OCH3 is 1. The fourth-order valence-corrected chi connectivity index (χ4v) is 3.04. The molecule has 0 aliphatic carbocycles. The zero-order chi connectivity index (χ0) is 13.0. The molecule has 1 heterocycles. The summed E-state index contributed by atoms with van der Waals surface area (Å²) in [6.45, 7) is 0.908. The monoisotopic (exact) mass is 313 g/mol. The Morgan fingerprint density at radius 3 is 2.94 bits per heavy atom. The summed E-state index contributed by atoms with van der Waals surface area (Å²) >= 11 is 3.62. The normalized spacial score (nSPS) is 20.9. The zero-order valence-corrected chi connectivity index (χ0v) is 12.5. The molecule has 1 saturated heterocycles. The molecule has 2 atom stereocenters. The first-order chi connectivity index (χ1) is 8.74. The average molecular weight is 314 g/mol. The Hall–Kier alpha value is -0.580. The lowest BCUT2D eigenvalue weighted by atomic mass is 9.99. The summed E-state index contributed by atoms with van der Waals surface area (Å²) in [6.07, 6.45) is 3.76. The summed E-state index contributed by atoms with van der Waals surface area (Å²) in [5.74, 6) is 0.873. The van der Waals surface area contributed by atoms with Crippen LogP contribution in [0.4, 0.5) is 0 Å². The van der Waals surface area contributed by atoms with Crippen molar-refractivity contribution in [2.75, 3.05) is 20.8 Å². The van der Waals surface area contributed by atoms with Gasteiger partial charge in [-0.3, -0.25) is 0 Å². The van der Waals surface area contributed by atoms with Crippen LogP contribution in [0.25, 0.3) is 0 Å². The van der Waals surface area contributed by atoms with E-state index in [9.17, 15) is 0 Å². The van der Waals surface area contributed by atoms with Crippen molar-refractivity contribution in [2.24, 2.45) is 0 Å². The fourth-order valence-electron chi connectivity index (χ4n) is 2.41. The van der Waals surface area contributed by atoms with Gasteiger partial charge in [-0.15, -0.1) is 0 Å². The standard InChI is InChI=1S/C14H20BrNO2/c1-16-14(9-11-4-3-7-18-11)12-6-5-10(17-2)8-13(12)15/h5-6,8,11,14,16H,3-4,7,9H2,1-2H3. The maximum absolute atomic E-state index is 5.71. The Bertz CT molecular complexity index is 391. The second-order valence-corrected chi connectivity index (χ2v) is 5.45. The Morgan fingerprint density at radius 1 is 1.56 bits per heavy atom. The van der Waals surface area contributed by atoms with Gasteiger partial charge in [0.05, 0.1) is 13.2 Å². The number of rotatable bonds is 5. The van der Waals surface area contributed by atoms with Crippen LogP contribution >= 0.6 is 15.9 Å². The highest BCUT2D eigenvalue weighted by molar-refractivity contribution is 9.10. The molecular weight excluding hydrogens is 294 g/mol. The van der Waals surface area contributed by atoms with E-state index < -0.39 is 0 Å². The Morgan fingerprint density at radius 2 is 2.39 bits per heavy atom. The Kier molecular flexibility index (Phi) is 5.03. The number of hydrogen-bond donors (Lipinski definition) is 1. The van der Waals surface area contributed by atoms with Gasteiger partial charge in [-0.2, -0.15) is 0 Å². The molecule has 2 rings (SSSR count). The van der Waals surface area contributed by atoms with Crippen LogP contribution in [-0.4, -0.2) is 26.9 Å². The Labute approximate surface area is 117 Å². The summed E-state index contributed by atoms with van der Waals surface area (Å²) in [7, 11) is 3.68. The Balaban J connectivity index is 2.10. The molecule has 100 valence electrons. The predicted octanol–water partition coefficient (Wildman–Crippen LogP) is 3.29. The van der Waals surface area contributed by atoms with Gasteiger partial charge < -0.3 is 14.8 Å². The van der Waals surface area contributed by atoms with Crippen molar-refractivity contribution in [3.8, 4) is 5.75 Å². The van der Waals surface area contributed by atoms with Gasteiger partial charge >= 0.3 is 0 Å². The minimum Gasteiger partial charge on any atom is -0.497 e. The molecule has 0 amide bonds. The molecule has 18 heavy (non-hydrogen) atoms. The maximum Gasteiger partial charge on any atom is 0.120 e. The van der Waals surface area contributed by atoms with E-state index in [0.717, 1.165) is 23.2 Å². The summed E-state index contributed by atoms with van der Waals surface area (Å²) in [6, 6.07) is 6.43. The number of nitrogens with one attached hydrogen (secondary N) is 1. The smallest absolute Gasteiger partial charge is 0.120 e. The maximum atomic E-state index is 5.71. The number of ether oxygens (including phenoxy) is 2. The fraction of sp³-hybridized carbons (Fsp3) is 0.571. The van der Waals surface area contributed by atoms with Crippen LogP contribution in [0.15, 0.2) is 22.7 Å². The number of halogens is 1. The van der Waals surface area contributed by atoms with E-state index in [4.69, 9.17) is 9.47 Å². The van der Waals surface area contributed by atoms with E-state index >= 15 is 0 Å². The predicted molar refractivity (Wildman–Crippen MR) is 76.1 cm³/mol. The molecule has 0 radical (unpaired) electrons. The molecule has 2 unspecified atom stereocenters. The van der Waals surface area contributed by atoms with Crippen molar-refractivity contribution in [2.45, 2.75) is 31.4 Å². The molecule has 3 nitrogen and oxygen atoms in total. The first-order valence-corrected chi connectivity index (χ1v) is 7.16. The van der Waals surface area contributed by atoms with E-state index in [1.807, 2.05) is 19.2 Å². The van der Waals surface area contributed by atoms with E-state index in [1.54, 1.807) is 7.11 Å². The molecule has 0 spiro atoms. The van der Waals surface area contributed by atoms with Gasteiger partial charge in [-0.05, 0) is 44.0 Å². The highest BCUT2D eigenvalue weighted by atomic mass is 79.9. The molecule has 1 aliphatic rings. The number of benzene rings is 1. The van der Waals surface area contributed by atoms with Crippen LogP contribution in [0, 0.1) is 0 Å². The molecule has 0 bridgehead atoms. The van der Waals surface area contributed by atoms with Crippen LogP contribution in [0.3, 0.4) is 0 Å². The third kappa shape index (κ3) is 3.25. The summed E-state index contributed by atoms with van der Waals surface area (Å²) in [5, 5.41) is 3.37. The van der Waals surface area contributed by atoms with E-state index in [0.29, 0.717) is 12.1 Å². The summed E-state index contributed by atoms with van der Waals surface area (Å²) < 4.78 is 12.0. The van der Waals surface area contributed by atoms with Crippen LogP contribution in [-0.2, 0) is 4.74 Å². The van der Waals surface area contributed by atoms with E-state index in [2.05, 4.69) is 27.3 Å². The minimum absolute atomic E-state index is 0.313. The number of hydrogen-bond acceptors (Lipinski definition) is 3. The highest BCUT2D eigenvalue weighted by Crippen LogP contribution is 2.31. The van der Waals surface area contributed by atoms with Gasteiger partial charge in [0, 0.05) is 17.1 Å². The summed E-state index contributed by atoms with van der Waals surface area (Å²) in [4.78, 5) is 0. The van der Waals surface area contributed by atoms with Crippen molar-refractivity contribution >= 4 is 15.9 Å². The van der Waals surface area contributed by atoms with Crippen LogP contribution in [0.1, 0.15) is 30.9 Å². The quantitative estimate of drug-likeness (QED) is 0.905. The molecule has 0 saturated carbocycles. The lowest BCUT2D eigenvalue weighted by molar-refractivity contribution is 0.0953. The van der Waals surface area contributed by atoms with Crippen LogP contribution in [0.2, 0.25) is 0 Å². The largest absolute Gasteiger partial charge is 0.497 e. The van der Waals surface area contributed by atoms with Gasteiger partial charge in [0.2, 0.25) is 0 Å². The zero-order valence-electron chi connectivity index (χ0n) is 10.9. The lowest BCUT2D eigenvalue weighted by Gasteiger charge is -2.21. The molecule has 0 aromatic heterocycles. The molecule has 1 aliphatic heterocycles. The third-order valence-electron chi connectivity index (χ3n) is 3.45. The summed E-state index contributed by atoms with van der Waals surface area (Å²) in [5.41, 5.74) is 1.26. The second kappa shape index (κ2) is 6.55. The van der Waals surface area contributed by atoms with Crippen molar-refractivity contribution < 1.29 is 9.47 Å². The molecule has 1 fully saturated rings. The lowest BCUT2D eigenvalue weighted by Crippen LogP contribution is -2.22. The highest BCUT2D eigenvalue weighted by Gasteiger charge is 2.22. The van der Waals surface area contributed by atoms with E-state index in [1.165, 1.54) is 18.4 Å². The third-order valence-corrected chi connectivity index (χ3v) is 4.14.